The molecule has 0 aliphatic carbocycles. The average Bonchev–Trinajstić information content (AvgIpc) is 2.09. The minimum atomic E-state index is 0.0243. The minimum Gasteiger partial charge on any atom is -0.375 e. The molecule has 0 amide bonds. The molecule has 2 N–H and O–H groups in total. The van der Waals surface area contributed by atoms with Crippen LogP contribution in [-0.2, 0) is 11.3 Å². The maximum atomic E-state index is 5.95. The van der Waals surface area contributed by atoms with Gasteiger partial charge in [0.2, 0.25) is 0 Å². The Balaban J connectivity index is 2.58. The molecule has 0 aromatic heterocycles. The third-order valence-corrected chi connectivity index (χ3v) is 2.40. The number of hydrogen-bond acceptors (Lipinski definition) is 2. The Bertz CT molecular complexity index is 282. The largest absolute Gasteiger partial charge is 0.375 e. The highest BCUT2D eigenvalue weighted by Gasteiger charge is 2.05. The molecule has 78 valence electrons. The second kappa shape index (κ2) is 5.56. The third kappa shape index (κ3) is 3.46. The lowest BCUT2D eigenvalue weighted by Crippen LogP contribution is -2.21. The molecule has 1 rings (SSSR count). The Labute approximate surface area is 94.0 Å². The first-order chi connectivity index (χ1) is 6.61. The van der Waals surface area contributed by atoms with E-state index < -0.39 is 0 Å². The van der Waals surface area contributed by atoms with Gasteiger partial charge < -0.3 is 10.5 Å². The minimum absolute atomic E-state index is 0.0243. The highest BCUT2D eigenvalue weighted by Crippen LogP contribution is 2.24. The van der Waals surface area contributed by atoms with Gasteiger partial charge in [0, 0.05) is 21.7 Å². The predicted octanol–water partition coefficient (Wildman–Crippen LogP) is 2.86. The molecule has 0 fully saturated rings. The van der Waals surface area contributed by atoms with E-state index in [1.165, 1.54) is 0 Å². The summed E-state index contributed by atoms with van der Waals surface area (Å²) in [6.07, 6.45) is 0. The molecule has 0 spiro atoms. The molecule has 0 bridgehead atoms. The van der Waals surface area contributed by atoms with Crippen LogP contribution in [0.5, 0.6) is 0 Å². The van der Waals surface area contributed by atoms with Crippen LogP contribution in [0.3, 0.4) is 0 Å². The summed E-state index contributed by atoms with van der Waals surface area (Å²) >= 11 is 11.9. The van der Waals surface area contributed by atoms with Crippen LogP contribution in [0.2, 0.25) is 10.0 Å². The zero-order valence-electron chi connectivity index (χ0n) is 7.97. The number of benzene rings is 1. The van der Waals surface area contributed by atoms with Crippen molar-refractivity contribution in [3.63, 3.8) is 0 Å². The maximum Gasteiger partial charge on any atom is 0.0746 e. The van der Waals surface area contributed by atoms with Crippen molar-refractivity contribution in [2.45, 2.75) is 19.6 Å². The van der Waals surface area contributed by atoms with Gasteiger partial charge in [0.05, 0.1) is 13.2 Å². The van der Waals surface area contributed by atoms with Crippen LogP contribution >= 0.6 is 23.2 Å². The van der Waals surface area contributed by atoms with Crippen LogP contribution in [-0.4, -0.2) is 12.6 Å². The van der Waals surface area contributed by atoms with Crippen molar-refractivity contribution in [3.8, 4) is 0 Å². The quantitative estimate of drug-likeness (QED) is 0.869. The van der Waals surface area contributed by atoms with E-state index in [2.05, 4.69) is 0 Å². The number of ether oxygens (including phenoxy) is 1. The first-order valence-corrected chi connectivity index (χ1v) is 5.13. The molecule has 0 radical (unpaired) electrons. The van der Waals surface area contributed by atoms with Crippen molar-refractivity contribution in [2.75, 3.05) is 6.61 Å². The van der Waals surface area contributed by atoms with Crippen molar-refractivity contribution in [1.29, 1.82) is 0 Å². The first-order valence-electron chi connectivity index (χ1n) is 4.37. The topological polar surface area (TPSA) is 35.2 Å². The van der Waals surface area contributed by atoms with Crippen LogP contribution in [0.25, 0.3) is 0 Å². The summed E-state index contributed by atoms with van der Waals surface area (Å²) in [5.74, 6) is 0. The fourth-order valence-electron chi connectivity index (χ4n) is 1.02. The fraction of sp³-hybridized carbons (Fsp3) is 0.400. The molecule has 2 nitrogen and oxygen atoms in total. The van der Waals surface area contributed by atoms with Gasteiger partial charge in [0.25, 0.3) is 0 Å². The highest BCUT2D eigenvalue weighted by atomic mass is 35.5. The van der Waals surface area contributed by atoms with Gasteiger partial charge in [0.1, 0.15) is 0 Å². The molecule has 0 heterocycles. The van der Waals surface area contributed by atoms with Crippen LogP contribution in [0.4, 0.5) is 0 Å². The molecule has 1 aromatic carbocycles. The van der Waals surface area contributed by atoms with E-state index in [1.54, 1.807) is 18.2 Å². The third-order valence-electron chi connectivity index (χ3n) is 1.69. The Morgan fingerprint density at radius 1 is 1.36 bits per heavy atom. The molecular weight excluding hydrogens is 221 g/mol. The second-order valence-electron chi connectivity index (χ2n) is 3.19. The van der Waals surface area contributed by atoms with Gasteiger partial charge in [-0.25, -0.2) is 0 Å². The number of rotatable bonds is 4. The smallest absolute Gasteiger partial charge is 0.0746 e. The van der Waals surface area contributed by atoms with Gasteiger partial charge >= 0.3 is 0 Å². The summed E-state index contributed by atoms with van der Waals surface area (Å²) < 4.78 is 5.35. The van der Waals surface area contributed by atoms with Crippen molar-refractivity contribution >= 4 is 23.2 Å². The first kappa shape index (κ1) is 11.8. The number of halogens is 2. The summed E-state index contributed by atoms with van der Waals surface area (Å²) in [5, 5.41) is 1.25. The lowest BCUT2D eigenvalue weighted by molar-refractivity contribution is 0.111. The van der Waals surface area contributed by atoms with E-state index in [1.807, 2.05) is 6.92 Å². The highest BCUT2D eigenvalue weighted by molar-refractivity contribution is 6.35. The van der Waals surface area contributed by atoms with Crippen LogP contribution < -0.4 is 5.73 Å². The van der Waals surface area contributed by atoms with Crippen molar-refractivity contribution in [1.82, 2.24) is 0 Å². The fourth-order valence-corrected chi connectivity index (χ4v) is 1.52. The summed E-state index contributed by atoms with van der Waals surface area (Å²) in [7, 11) is 0. The normalized spacial score (nSPS) is 12.9. The number of hydrogen-bond donors (Lipinski definition) is 1. The molecule has 0 aliphatic rings. The standard InChI is InChI=1S/C10H13Cl2NO/c1-7(13)5-14-6-8-9(11)3-2-4-10(8)12/h2-4,7H,5-6,13H2,1H3. The molecule has 4 heteroatoms. The summed E-state index contributed by atoms with van der Waals surface area (Å²) in [5.41, 5.74) is 6.36. The molecule has 1 unspecified atom stereocenters. The van der Waals surface area contributed by atoms with E-state index in [4.69, 9.17) is 33.7 Å². The Morgan fingerprint density at radius 2 is 1.93 bits per heavy atom. The predicted molar refractivity (Wildman–Crippen MR) is 59.8 cm³/mol. The maximum absolute atomic E-state index is 5.95. The SMILES string of the molecule is CC(N)COCc1c(Cl)cccc1Cl. The lowest BCUT2D eigenvalue weighted by Gasteiger charge is -2.09. The Hall–Kier alpha value is -0.280. The molecule has 1 atom stereocenters. The second-order valence-corrected chi connectivity index (χ2v) is 4.01. The van der Waals surface area contributed by atoms with Crippen molar-refractivity contribution in [3.05, 3.63) is 33.8 Å². The molecule has 0 aliphatic heterocycles. The van der Waals surface area contributed by atoms with Crippen LogP contribution in [0.15, 0.2) is 18.2 Å². The summed E-state index contributed by atoms with van der Waals surface area (Å²) in [6.45, 7) is 2.79. The summed E-state index contributed by atoms with van der Waals surface area (Å²) in [4.78, 5) is 0. The molecular formula is C10H13Cl2NO. The molecule has 0 saturated heterocycles. The summed E-state index contributed by atoms with van der Waals surface area (Å²) in [6, 6.07) is 5.41. The lowest BCUT2D eigenvalue weighted by atomic mass is 10.2. The number of nitrogens with two attached hydrogens (primary N) is 1. The Kier molecular flexibility index (Phi) is 4.69. The van der Waals surface area contributed by atoms with Gasteiger partial charge in [-0.05, 0) is 19.1 Å². The van der Waals surface area contributed by atoms with E-state index in [-0.39, 0.29) is 6.04 Å². The van der Waals surface area contributed by atoms with E-state index >= 15 is 0 Å². The van der Waals surface area contributed by atoms with Crippen molar-refractivity contribution < 1.29 is 4.74 Å². The molecule has 14 heavy (non-hydrogen) atoms. The monoisotopic (exact) mass is 233 g/mol. The molecule has 1 aromatic rings. The van der Waals surface area contributed by atoms with Crippen LogP contribution in [0, 0.1) is 0 Å². The van der Waals surface area contributed by atoms with E-state index in [0.29, 0.717) is 23.3 Å². The molecule has 0 saturated carbocycles. The van der Waals surface area contributed by atoms with Crippen LogP contribution in [0.1, 0.15) is 12.5 Å². The Morgan fingerprint density at radius 3 is 2.43 bits per heavy atom. The van der Waals surface area contributed by atoms with Crippen molar-refractivity contribution in [2.24, 2.45) is 5.73 Å². The van der Waals surface area contributed by atoms with Gasteiger partial charge in [-0.2, -0.15) is 0 Å². The van der Waals surface area contributed by atoms with Gasteiger partial charge in [-0.1, -0.05) is 29.3 Å². The van der Waals surface area contributed by atoms with Gasteiger partial charge in [0.15, 0.2) is 0 Å². The zero-order chi connectivity index (χ0) is 10.6. The van der Waals surface area contributed by atoms with E-state index in [0.717, 1.165) is 5.56 Å². The van der Waals surface area contributed by atoms with Gasteiger partial charge in [-0.15, -0.1) is 0 Å². The zero-order valence-corrected chi connectivity index (χ0v) is 9.48. The van der Waals surface area contributed by atoms with E-state index in [9.17, 15) is 0 Å². The van der Waals surface area contributed by atoms with Gasteiger partial charge in [-0.3, -0.25) is 0 Å². The average molecular weight is 234 g/mol.